The molecule has 0 aromatic carbocycles. The van der Waals surface area contributed by atoms with Crippen LogP contribution < -0.4 is 15.4 Å². The van der Waals surface area contributed by atoms with Gasteiger partial charge in [0.15, 0.2) is 12.6 Å². The normalized spacial score (nSPS) is 14.0. The van der Waals surface area contributed by atoms with Crippen LogP contribution in [0, 0.1) is 0 Å². The molecule has 148 valence electrons. The second-order valence-corrected chi connectivity index (χ2v) is 8.06. The SMILES string of the molecule is CN=C(NCc1ccc(OCC(F)(F)F)nc1)NC(C)CCS(C)(=O)=O. The summed E-state index contributed by atoms with van der Waals surface area (Å²) in [6.07, 6.45) is -1.39. The fraction of sp³-hybridized carbons (Fsp3) is 0.600. The van der Waals surface area contributed by atoms with E-state index in [0.29, 0.717) is 18.9 Å². The van der Waals surface area contributed by atoms with E-state index >= 15 is 0 Å². The van der Waals surface area contributed by atoms with E-state index in [9.17, 15) is 21.6 Å². The highest BCUT2D eigenvalue weighted by atomic mass is 32.2. The van der Waals surface area contributed by atoms with Gasteiger partial charge in [-0.15, -0.1) is 0 Å². The van der Waals surface area contributed by atoms with Crippen LogP contribution in [0.25, 0.3) is 0 Å². The molecule has 0 aliphatic carbocycles. The summed E-state index contributed by atoms with van der Waals surface area (Å²) in [5.41, 5.74) is 0.719. The van der Waals surface area contributed by atoms with Gasteiger partial charge in [-0.05, 0) is 18.9 Å². The minimum Gasteiger partial charge on any atom is -0.468 e. The zero-order chi connectivity index (χ0) is 19.8. The maximum absolute atomic E-state index is 12.1. The molecule has 1 aromatic rings. The molecule has 0 fully saturated rings. The smallest absolute Gasteiger partial charge is 0.422 e. The number of pyridine rings is 1. The summed E-state index contributed by atoms with van der Waals surface area (Å²) in [5.74, 6) is 0.438. The number of nitrogens with zero attached hydrogens (tertiary/aromatic N) is 2. The number of guanidine groups is 1. The first-order valence-electron chi connectivity index (χ1n) is 7.78. The molecule has 0 aliphatic heterocycles. The maximum Gasteiger partial charge on any atom is 0.422 e. The number of hydrogen-bond acceptors (Lipinski definition) is 5. The molecule has 0 saturated carbocycles. The van der Waals surface area contributed by atoms with E-state index in [-0.39, 0.29) is 17.7 Å². The Labute approximate surface area is 151 Å². The topological polar surface area (TPSA) is 92.7 Å². The molecule has 1 unspecified atom stereocenters. The zero-order valence-corrected chi connectivity index (χ0v) is 15.6. The lowest BCUT2D eigenvalue weighted by Crippen LogP contribution is -2.42. The molecular formula is C15H23F3N4O3S. The average Bonchev–Trinajstić information content (AvgIpc) is 2.54. The summed E-state index contributed by atoms with van der Waals surface area (Å²) in [5, 5.41) is 6.08. The number of sulfone groups is 1. The van der Waals surface area contributed by atoms with Crippen LogP contribution in [0.4, 0.5) is 13.2 Å². The molecule has 11 heteroatoms. The second-order valence-electron chi connectivity index (χ2n) is 5.80. The summed E-state index contributed by atoms with van der Waals surface area (Å²) in [6.45, 7) is 0.789. The molecular weight excluding hydrogens is 373 g/mol. The van der Waals surface area contributed by atoms with Gasteiger partial charge in [0.1, 0.15) is 9.84 Å². The second kappa shape index (κ2) is 9.60. The molecule has 0 aliphatic rings. The van der Waals surface area contributed by atoms with Gasteiger partial charge in [0.05, 0.1) is 5.75 Å². The van der Waals surface area contributed by atoms with Crippen molar-refractivity contribution in [2.24, 2.45) is 4.99 Å². The van der Waals surface area contributed by atoms with Crippen molar-refractivity contribution in [3.05, 3.63) is 23.9 Å². The molecule has 1 atom stereocenters. The number of aliphatic imine (C=N–C) groups is 1. The Bertz CT molecular complexity index is 691. The van der Waals surface area contributed by atoms with Crippen LogP contribution >= 0.6 is 0 Å². The van der Waals surface area contributed by atoms with E-state index < -0.39 is 22.6 Å². The molecule has 0 radical (unpaired) electrons. The predicted octanol–water partition coefficient (Wildman–Crippen LogP) is 1.51. The number of hydrogen-bond donors (Lipinski definition) is 2. The Kier molecular flexibility index (Phi) is 8.12. The third-order valence-corrected chi connectivity index (χ3v) is 4.15. The summed E-state index contributed by atoms with van der Waals surface area (Å²) >= 11 is 0. The molecule has 1 aromatic heterocycles. The molecule has 1 heterocycles. The van der Waals surface area contributed by atoms with Crippen molar-refractivity contribution in [2.75, 3.05) is 25.7 Å². The van der Waals surface area contributed by atoms with Crippen LogP contribution in [0.1, 0.15) is 18.9 Å². The number of nitrogens with one attached hydrogen (secondary N) is 2. The minimum atomic E-state index is -4.41. The fourth-order valence-electron chi connectivity index (χ4n) is 1.83. The van der Waals surface area contributed by atoms with Crippen molar-refractivity contribution in [1.82, 2.24) is 15.6 Å². The van der Waals surface area contributed by atoms with E-state index in [1.807, 2.05) is 6.92 Å². The maximum atomic E-state index is 12.1. The van der Waals surface area contributed by atoms with E-state index in [1.165, 1.54) is 18.5 Å². The Morgan fingerprint density at radius 3 is 2.58 bits per heavy atom. The van der Waals surface area contributed by atoms with Gasteiger partial charge in [-0.3, -0.25) is 4.99 Å². The van der Waals surface area contributed by atoms with Crippen molar-refractivity contribution in [2.45, 2.75) is 32.1 Å². The summed E-state index contributed by atoms with van der Waals surface area (Å²) in [4.78, 5) is 7.85. The monoisotopic (exact) mass is 396 g/mol. The Morgan fingerprint density at radius 1 is 1.38 bits per heavy atom. The van der Waals surface area contributed by atoms with Crippen LogP contribution in [-0.4, -0.2) is 57.2 Å². The van der Waals surface area contributed by atoms with Gasteiger partial charge in [-0.1, -0.05) is 6.07 Å². The van der Waals surface area contributed by atoms with Crippen LogP contribution in [-0.2, 0) is 16.4 Å². The molecule has 26 heavy (non-hydrogen) atoms. The van der Waals surface area contributed by atoms with Crippen molar-refractivity contribution in [1.29, 1.82) is 0 Å². The van der Waals surface area contributed by atoms with Gasteiger partial charge in [0.25, 0.3) is 0 Å². The molecule has 0 spiro atoms. The highest BCUT2D eigenvalue weighted by molar-refractivity contribution is 7.90. The van der Waals surface area contributed by atoms with Gasteiger partial charge in [0, 0.05) is 38.2 Å². The lowest BCUT2D eigenvalue weighted by Gasteiger charge is -2.17. The largest absolute Gasteiger partial charge is 0.468 e. The third kappa shape index (κ3) is 10.1. The molecule has 0 amide bonds. The number of aromatic nitrogens is 1. The van der Waals surface area contributed by atoms with Crippen molar-refractivity contribution in [3.63, 3.8) is 0 Å². The van der Waals surface area contributed by atoms with Gasteiger partial charge in [-0.2, -0.15) is 13.2 Å². The van der Waals surface area contributed by atoms with Crippen LogP contribution in [0.3, 0.4) is 0 Å². The Balaban J connectivity index is 2.46. The lowest BCUT2D eigenvalue weighted by atomic mass is 10.2. The van der Waals surface area contributed by atoms with Gasteiger partial charge in [-0.25, -0.2) is 13.4 Å². The van der Waals surface area contributed by atoms with E-state index in [1.54, 1.807) is 13.1 Å². The predicted molar refractivity (Wildman–Crippen MR) is 92.9 cm³/mol. The fourth-order valence-corrected chi connectivity index (χ4v) is 2.62. The summed E-state index contributed by atoms with van der Waals surface area (Å²) in [7, 11) is -1.45. The summed E-state index contributed by atoms with van der Waals surface area (Å²) < 4.78 is 63.1. The van der Waals surface area contributed by atoms with E-state index in [4.69, 9.17) is 0 Å². The number of alkyl halides is 3. The zero-order valence-electron chi connectivity index (χ0n) is 14.8. The third-order valence-electron chi connectivity index (χ3n) is 3.17. The highest BCUT2D eigenvalue weighted by Gasteiger charge is 2.28. The lowest BCUT2D eigenvalue weighted by molar-refractivity contribution is -0.154. The van der Waals surface area contributed by atoms with Crippen molar-refractivity contribution < 1.29 is 26.3 Å². The summed E-state index contributed by atoms with van der Waals surface area (Å²) in [6, 6.07) is 2.84. The van der Waals surface area contributed by atoms with E-state index in [2.05, 4.69) is 25.3 Å². The van der Waals surface area contributed by atoms with Crippen LogP contribution in [0.2, 0.25) is 0 Å². The Hall–Kier alpha value is -2.04. The minimum absolute atomic E-state index is 0.0709. The molecule has 0 bridgehead atoms. The van der Waals surface area contributed by atoms with Gasteiger partial charge < -0.3 is 15.4 Å². The van der Waals surface area contributed by atoms with Gasteiger partial charge >= 0.3 is 6.18 Å². The number of ether oxygens (including phenoxy) is 1. The first kappa shape index (κ1) is 22.0. The van der Waals surface area contributed by atoms with Crippen LogP contribution in [0.15, 0.2) is 23.3 Å². The number of rotatable bonds is 8. The highest BCUT2D eigenvalue weighted by Crippen LogP contribution is 2.16. The molecule has 2 N–H and O–H groups in total. The quantitative estimate of drug-likeness (QED) is 0.511. The first-order valence-corrected chi connectivity index (χ1v) is 9.84. The van der Waals surface area contributed by atoms with Crippen LogP contribution in [0.5, 0.6) is 5.88 Å². The van der Waals surface area contributed by atoms with Crippen molar-refractivity contribution >= 4 is 15.8 Å². The van der Waals surface area contributed by atoms with Gasteiger partial charge in [0.2, 0.25) is 5.88 Å². The first-order chi connectivity index (χ1) is 12.0. The molecule has 1 rings (SSSR count). The standard InChI is InChI=1S/C15H23F3N4O3S/c1-11(6-7-26(3,23)24)22-14(19-2)21-9-12-4-5-13(20-8-12)25-10-15(16,17)18/h4-5,8,11H,6-7,9-10H2,1-3H3,(H2,19,21,22). The molecule has 7 nitrogen and oxygen atoms in total. The number of halogens is 3. The Morgan fingerprint density at radius 2 is 2.08 bits per heavy atom. The van der Waals surface area contributed by atoms with Crippen molar-refractivity contribution in [3.8, 4) is 5.88 Å². The molecule has 0 saturated heterocycles. The average molecular weight is 396 g/mol. The van der Waals surface area contributed by atoms with E-state index in [0.717, 1.165) is 5.56 Å².